The molecule has 1 N–H and O–H groups in total. The van der Waals surface area contributed by atoms with Gasteiger partial charge in [0.1, 0.15) is 11.6 Å². The van der Waals surface area contributed by atoms with Crippen LogP contribution in [0, 0.1) is 11.7 Å². The molecule has 3 rings (SSSR count). The number of piperidine rings is 1. The average molecular weight is 330 g/mol. The minimum atomic E-state index is -0.320. The maximum Gasteiger partial charge on any atom is 0.228 e. The summed E-state index contributed by atoms with van der Waals surface area (Å²) >= 11 is 0. The summed E-state index contributed by atoms with van der Waals surface area (Å²) in [4.78, 5) is 22.5. The van der Waals surface area contributed by atoms with E-state index in [2.05, 4.69) is 15.3 Å². The Morgan fingerprint density at radius 1 is 1.33 bits per heavy atom. The molecular formula is C17H19FN4O2. The van der Waals surface area contributed by atoms with Crippen LogP contribution < -0.4 is 15.0 Å². The van der Waals surface area contributed by atoms with Gasteiger partial charge in [0, 0.05) is 32.4 Å². The van der Waals surface area contributed by atoms with Crippen molar-refractivity contribution < 1.29 is 13.9 Å². The van der Waals surface area contributed by atoms with Crippen molar-refractivity contribution in [3.8, 4) is 11.6 Å². The summed E-state index contributed by atoms with van der Waals surface area (Å²) in [6, 6.07) is 7.39. The van der Waals surface area contributed by atoms with Crippen LogP contribution in [0.25, 0.3) is 0 Å². The molecule has 0 spiro atoms. The van der Waals surface area contributed by atoms with E-state index in [0.717, 1.165) is 19.4 Å². The van der Waals surface area contributed by atoms with Gasteiger partial charge >= 0.3 is 0 Å². The van der Waals surface area contributed by atoms with Gasteiger partial charge in [-0.2, -0.15) is 4.98 Å². The number of ether oxygens (including phenoxy) is 1. The van der Waals surface area contributed by atoms with Crippen molar-refractivity contribution in [2.75, 3.05) is 25.0 Å². The van der Waals surface area contributed by atoms with Gasteiger partial charge in [-0.05, 0) is 37.1 Å². The topological polar surface area (TPSA) is 67.4 Å². The monoisotopic (exact) mass is 330 g/mol. The Hall–Kier alpha value is -2.70. The molecule has 0 radical (unpaired) electrons. The molecule has 6 nitrogen and oxygen atoms in total. The van der Waals surface area contributed by atoms with E-state index in [9.17, 15) is 9.18 Å². The molecule has 126 valence electrons. The van der Waals surface area contributed by atoms with Crippen molar-refractivity contribution >= 4 is 11.9 Å². The van der Waals surface area contributed by atoms with Crippen LogP contribution in [0.15, 0.2) is 36.5 Å². The molecule has 1 aliphatic rings. The smallest absolute Gasteiger partial charge is 0.228 e. The highest BCUT2D eigenvalue weighted by Crippen LogP contribution is 2.24. The average Bonchev–Trinajstić information content (AvgIpc) is 2.63. The molecule has 1 amide bonds. The molecule has 0 saturated carbocycles. The van der Waals surface area contributed by atoms with E-state index in [-0.39, 0.29) is 17.6 Å². The lowest BCUT2D eigenvalue weighted by Gasteiger charge is -2.31. The first-order valence-corrected chi connectivity index (χ1v) is 7.88. The van der Waals surface area contributed by atoms with Gasteiger partial charge in [0.2, 0.25) is 17.7 Å². The van der Waals surface area contributed by atoms with Crippen molar-refractivity contribution in [3.05, 3.63) is 42.3 Å². The van der Waals surface area contributed by atoms with Crippen molar-refractivity contribution in [2.24, 2.45) is 5.92 Å². The number of carbonyl (C=O) groups excluding carboxylic acids is 1. The van der Waals surface area contributed by atoms with Crippen LogP contribution >= 0.6 is 0 Å². The quantitative estimate of drug-likeness (QED) is 0.932. The fourth-order valence-electron chi connectivity index (χ4n) is 2.74. The van der Waals surface area contributed by atoms with Crippen LogP contribution in [0.3, 0.4) is 0 Å². The molecule has 24 heavy (non-hydrogen) atoms. The van der Waals surface area contributed by atoms with E-state index in [1.165, 1.54) is 12.1 Å². The van der Waals surface area contributed by atoms with Crippen molar-refractivity contribution in [1.82, 2.24) is 15.3 Å². The third kappa shape index (κ3) is 3.79. The molecule has 0 aliphatic carbocycles. The maximum atomic E-state index is 12.9. The number of nitrogens with zero attached hydrogens (tertiary/aromatic N) is 3. The highest BCUT2D eigenvalue weighted by Gasteiger charge is 2.26. The van der Waals surface area contributed by atoms with Crippen LogP contribution in [0.2, 0.25) is 0 Å². The largest absolute Gasteiger partial charge is 0.439 e. The van der Waals surface area contributed by atoms with Gasteiger partial charge in [0.05, 0.1) is 5.92 Å². The standard InChI is InChI=1S/C17H19FN4O2/c1-19-16(23)12-3-2-10-22(11-12)17-20-9-8-15(21-17)24-14-6-4-13(18)5-7-14/h4-9,12H,2-3,10-11H2,1H3,(H,19,23). The molecule has 1 aliphatic heterocycles. The first kappa shape index (κ1) is 16.2. The first-order chi connectivity index (χ1) is 11.7. The highest BCUT2D eigenvalue weighted by molar-refractivity contribution is 5.79. The predicted molar refractivity (Wildman–Crippen MR) is 87.5 cm³/mol. The van der Waals surface area contributed by atoms with E-state index in [4.69, 9.17) is 4.74 Å². The van der Waals surface area contributed by atoms with Gasteiger partial charge in [-0.25, -0.2) is 9.37 Å². The molecule has 7 heteroatoms. The Morgan fingerprint density at radius 2 is 2.12 bits per heavy atom. The normalized spacial score (nSPS) is 17.4. The number of amides is 1. The first-order valence-electron chi connectivity index (χ1n) is 7.88. The van der Waals surface area contributed by atoms with E-state index < -0.39 is 0 Å². The summed E-state index contributed by atoms with van der Waals surface area (Å²) < 4.78 is 18.6. The second-order valence-electron chi connectivity index (χ2n) is 5.65. The summed E-state index contributed by atoms with van der Waals surface area (Å²) in [6.07, 6.45) is 3.39. The molecule has 1 aromatic heterocycles. The van der Waals surface area contributed by atoms with E-state index in [1.54, 1.807) is 31.4 Å². The number of halogens is 1. The van der Waals surface area contributed by atoms with E-state index >= 15 is 0 Å². The highest BCUT2D eigenvalue weighted by atomic mass is 19.1. The van der Waals surface area contributed by atoms with Gasteiger partial charge in [0.15, 0.2) is 0 Å². The van der Waals surface area contributed by atoms with Crippen molar-refractivity contribution in [2.45, 2.75) is 12.8 Å². The van der Waals surface area contributed by atoms with Crippen LogP contribution in [0.1, 0.15) is 12.8 Å². The van der Waals surface area contributed by atoms with Crippen molar-refractivity contribution in [1.29, 1.82) is 0 Å². The molecule has 2 aromatic rings. The van der Waals surface area contributed by atoms with Gasteiger partial charge < -0.3 is 15.0 Å². The Balaban J connectivity index is 1.72. The van der Waals surface area contributed by atoms with Crippen molar-refractivity contribution in [3.63, 3.8) is 0 Å². The number of hydrogen-bond acceptors (Lipinski definition) is 5. The predicted octanol–water partition coefficient (Wildman–Crippen LogP) is 2.37. The summed E-state index contributed by atoms with van der Waals surface area (Å²) in [5, 5.41) is 2.69. The van der Waals surface area contributed by atoms with Crippen LogP contribution in [0.4, 0.5) is 10.3 Å². The molecule has 1 atom stereocenters. The fraction of sp³-hybridized carbons (Fsp3) is 0.353. The maximum absolute atomic E-state index is 12.9. The van der Waals surface area contributed by atoms with Crippen LogP contribution in [0.5, 0.6) is 11.6 Å². The summed E-state index contributed by atoms with van der Waals surface area (Å²) in [6.45, 7) is 1.38. The number of aromatic nitrogens is 2. The SMILES string of the molecule is CNC(=O)C1CCCN(c2nccc(Oc3ccc(F)cc3)n2)C1. The van der Waals surface area contributed by atoms with Gasteiger partial charge in [-0.15, -0.1) is 0 Å². The summed E-state index contributed by atoms with van der Waals surface area (Å²) in [5.74, 6) is 1.08. The number of carbonyl (C=O) groups is 1. The summed E-state index contributed by atoms with van der Waals surface area (Å²) in [5.41, 5.74) is 0. The molecule has 1 unspecified atom stereocenters. The van der Waals surface area contributed by atoms with Gasteiger partial charge in [-0.1, -0.05) is 0 Å². The van der Waals surface area contributed by atoms with Crippen LogP contribution in [-0.4, -0.2) is 36.0 Å². The molecular weight excluding hydrogens is 311 g/mol. The Kier molecular flexibility index (Phi) is 4.88. The number of anilines is 1. The minimum absolute atomic E-state index is 0.0402. The number of hydrogen-bond donors (Lipinski definition) is 1. The lowest BCUT2D eigenvalue weighted by Crippen LogP contribution is -2.42. The van der Waals surface area contributed by atoms with Gasteiger partial charge in [-0.3, -0.25) is 4.79 Å². The zero-order chi connectivity index (χ0) is 16.9. The summed E-state index contributed by atoms with van der Waals surface area (Å²) in [7, 11) is 1.65. The lowest BCUT2D eigenvalue weighted by molar-refractivity contribution is -0.124. The Labute approximate surface area is 139 Å². The van der Waals surface area contributed by atoms with Gasteiger partial charge in [0.25, 0.3) is 0 Å². The molecule has 2 heterocycles. The third-order valence-corrected chi connectivity index (χ3v) is 3.97. The van der Waals surface area contributed by atoms with Crippen LogP contribution in [-0.2, 0) is 4.79 Å². The molecule has 1 saturated heterocycles. The number of benzene rings is 1. The lowest BCUT2D eigenvalue weighted by atomic mass is 9.97. The second kappa shape index (κ2) is 7.25. The zero-order valence-corrected chi connectivity index (χ0v) is 13.4. The Morgan fingerprint density at radius 3 is 2.88 bits per heavy atom. The minimum Gasteiger partial charge on any atom is -0.439 e. The van der Waals surface area contributed by atoms with E-state index in [1.807, 2.05) is 4.90 Å². The number of nitrogens with one attached hydrogen (secondary N) is 1. The third-order valence-electron chi connectivity index (χ3n) is 3.97. The zero-order valence-electron chi connectivity index (χ0n) is 13.4. The van der Waals surface area contributed by atoms with E-state index in [0.29, 0.717) is 24.1 Å². The number of rotatable bonds is 4. The molecule has 1 fully saturated rings. The molecule has 1 aromatic carbocycles. The molecule has 0 bridgehead atoms. The fourth-order valence-corrected chi connectivity index (χ4v) is 2.74. The second-order valence-corrected chi connectivity index (χ2v) is 5.65. The Bertz CT molecular complexity index is 708.